The van der Waals surface area contributed by atoms with Crippen LogP contribution in [0.4, 0.5) is 0 Å². The van der Waals surface area contributed by atoms with E-state index in [2.05, 4.69) is 33.2 Å². The molecule has 0 saturated heterocycles. The van der Waals surface area contributed by atoms with Gasteiger partial charge in [0.25, 0.3) is 0 Å². The van der Waals surface area contributed by atoms with Crippen molar-refractivity contribution in [1.82, 2.24) is 30.8 Å². The van der Waals surface area contributed by atoms with Crippen molar-refractivity contribution in [3.05, 3.63) is 155 Å². The molecule has 66 heavy (non-hydrogen) atoms. The van der Waals surface area contributed by atoms with Gasteiger partial charge < -0.3 is 41.8 Å². The number of aliphatic carboxylic acids is 1. The number of carbonyl (C=O) groups is 5. The molecule has 1 unspecified atom stereocenters. The molecule has 14 heteroatoms. The molecule has 0 radical (unpaired) electrons. The molecule has 5 aromatic rings. The second kappa shape index (κ2) is 26.2. The number of nitrogens with two attached hydrogens (primary N) is 1. The van der Waals surface area contributed by atoms with E-state index in [0.29, 0.717) is 37.1 Å². The van der Waals surface area contributed by atoms with Gasteiger partial charge in [0, 0.05) is 38.4 Å². The fourth-order valence-electron chi connectivity index (χ4n) is 7.76. The van der Waals surface area contributed by atoms with Crippen molar-refractivity contribution in [1.29, 1.82) is 0 Å². The van der Waals surface area contributed by atoms with Gasteiger partial charge in [-0.2, -0.15) is 0 Å². The number of phenols is 1. The third kappa shape index (κ3) is 16.3. The minimum absolute atomic E-state index is 0.0163. The number of aryl methyl sites for hydroxylation is 1. The zero-order chi connectivity index (χ0) is 47.3. The van der Waals surface area contributed by atoms with Gasteiger partial charge in [-0.1, -0.05) is 135 Å². The minimum Gasteiger partial charge on any atom is -0.508 e. The number of aromatic hydroxyl groups is 1. The van der Waals surface area contributed by atoms with Crippen molar-refractivity contribution in [3.63, 3.8) is 0 Å². The number of hydrogen-bond acceptors (Lipinski definition) is 8. The summed E-state index contributed by atoms with van der Waals surface area (Å²) < 4.78 is 1.98. The lowest BCUT2D eigenvalue weighted by Gasteiger charge is -2.25. The number of carboxylic acids is 1. The van der Waals surface area contributed by atoms with Gasteiger partial charge in [-0.25, -0.2) is 9.78 Å². The van der Waals surface area contributed by atoms with Gasteiger partial charge in [0.2, 0.25) is 23.6 Å². The van der Waals surface area contributed by atoms with Crippen molar-refractivity contribution in [3.8, 4) is 5.75 Å². The molecule has 1 heterocycles. The summed E-state index contributed by atoms with van der Waals surface area (Å²) in [6, 6.07) is 28.4. The van der Waals surface area contributed by atoms with Crippen molar-refractivity contribution < 1.29 is 34.2 Å². The average Bonchev–Trinajstić information content (AvgIpc) is 3.77. The largest absolute Gasteiger partial charge is 0.508 e. The second-order valence-electron chi connectivity index (χ2n) is 16.9. The third-order valence-corrected chi connectivity index (χ3v) is 11.5. The molecule has 0 bridgehead atoms. The Labute approximate surface area is 387 Å². The first-order valence-electron chi connectivity index (χ1n) is 23.0. The fourth-order valence-corrected chi connectivity index (χ4v) is 7.76. The Kier molecular flexibility index (Phi) is 20.0. The maximum atomic E-state index is 14.3. The van der Waals surface area contributed by atoms with Gasteiger partial charge in [-0.3, -0.25) is 19.2 Å². The number of amides is 4. The van der Waals surface area contributed by atoms with Crippen LogP contribution < -0.4 is 27.0 Å². The molecule has 4 atom stereocenters. The van der Waals surface area contributed by atoms with Crippen LogP contribution in [-0.2, 0) is 43.2 Å². The summed E-state index contributed by atoms with van der Waals surface area (Å²) in [6.45, 7) is 4.46. The van der Waals surface area contributed by atoms with Gasteiger partial charge in [0.1, 0.15) is 23.9 Å². The van der Waals surface area contributed by atoms with Crippen molar-refractivity contribution in [2.75, 3.05) is 6.54 Å². The van der Waals surface area contributed by atoms with E-state index in [1.54, 1.807) is 18.5 Å². The topological polar surface area (TPSA) is 218 Å². The Balaban J connectivity index is 1.30. The number of carbonyl (C=O) groups excluding carboxylic acids is 4. The number of nitrogens with zero attached hydrogens (tertiary/aromatic N) is 2. The molecule has 0 aliphatic heterocycles. The number of rotatable bonds is 27. The van der Waals surface area contributed by atoms with E-state index in [9.17, 15) is 34.2 Å². The maximum absolute atomic E-state index is 14.3. The zero-order valence-electron chi connectivity index (χ0n) is 38.0. The molecule has 0 fully saturated rings. The normalized spacial score (nSPS) is 13.0. The predicted octanol–water partition coefficient (Wildman–Crippen LogP) is 6.08. The van der Waals surface area contributed by atoms with Gasteiger partial charge in [0.15, 0.2) is 0 Å². The molecule has 0 saturated carbocycles. The minimum atomic E-state index is -1.35. The zero-order valence-corrected chi connectivity index (χ0v) is 38.0. The molecule has 4 aromatic carbocycles. The van der Waals surface area contributed by atoms with Gasteiger partial charge in [-0.15, -0.1) is 0 Å². The summed E-state index contributed by atoms with van der Waals surface area (Å²) in [5.74, 6) is -3.27. The highest BCUT2D eigenvalue weighted by molar-refractivity contribution is 5.94. The molecule has 0 aliphatic carbocycles. The molecule has 5 rings (SSSR count). The number of carboxylic acid groups (broad SMARTS) is 1. The average molecular weight is 900 g/mol. The number of nitrogens with one attached hydrogen (secondary N) is 4. The first-order valence-corrected chi connectivity index (χ1v) is 23.0. The van der Waals surface area contributed by atoms with Crippen LogP contribution >= 0.6 is 0 Å². The maximum Gasteiger partial charge on any atom is 0.326 e. The van der Waals surface area contributed by atoms with E-state index in [1.807, 2.05) is 103 Å². The van der Waals surface area contributed by atoms with Crippen LogP contribution in [0.5, 0.6) is 5.75 Å². The van der Waals surface area contributed by atoms with Crippen LogP contribution in [0.1, 0.15) is 104 Å². The molecule has 14 nitrogen and oxygen atoms in total. The van der Waals surface area contributed by atoms with Crippen molar-refractivity contribution >= 4 is 29.6 Å². The molecule has 0 spiro atoms. The van der Waals surface area contributed by atoms with E-state index in [1.165, 1.54) is 12.1 Å². The Morgan fingerprint density at radius 3 is 1.83 bits per heavy atom. The lowest BCUT2D eigenvalue weighted by Crippen LogP contribution is -2.58. The van der Waals surface area contributed by atoms with E-state index < -0.39 is 47.9 Å². The first kappa shape index (κ1) is 50.2. The monoisotopic (exact) mass is 899 g/mol. The Hall–Kier alpha value is -6.80. The van der Waals surface area contributed by atoms with E-state index >= 15 is 0 Å². The highest BCUT2D eigenvalue weighted by Gasteiger charge is 2.31. The number of phenolic OH excluding ortho intramolecular Hbond substituents is 1. The summed E-state index contributed by atoms with van der Waals surface area (Å²) in [5, 5.41) is 31.0. The molecule has 0 aliphatic rings. The van der Waals surface area contributed by atoms with Crippen LogP contribution in [0.2, 0.25) is 0 Å². The summed E-state index contributed by atoms with van der Waals surface area (Å²) in [6.07, 6.45) is 10.4. The first-order chi connectivity index (χ1) is 31.9. The predicted molar refractivity (Wildman–Crippen MR) is 254 cm³/mol. The van der Waals surface area contributed by atoms with Crippen LogP contribution in [0.15, 0.2) is 122 Å². The Morgan fingerprint density at radius 1 is 0.652 bits per heavy atom. The summed E-state index contributed by atoms with van der Waals surface area (Å²) in [5.41, 5.74) is 11.5. The molecule has 8 N–H and O–H groups in total. The number of unbranched alkanes of at least 4 members (excludes halogenated alkanes) is 5. The molecular weight excluding hydrogens is 835 g/mol. The van der Waals surface area contributed by atoms with Gasteiger partial charge in [0.05, 0.1) is 24.1 Å². The quantitative estimate of drug-likeness (QED) is 0.0304. The lowest BCUT2D eigenvalue weighted by molar-refractivity contribution is -0.142. The SMILES string of the molecule is CCCCCCCC(=O)NCCCC[C@H](NC(=O)[C@@H](N)Cc1cn(C(c2ccccc2)c2ccccc2)cn1)C(=O)NC(Cc1ccc(C)cc1)C(=O)N[C@H](Cc1ccc(O)cc1)C(=O)O. The van der Waals surface area contributed by atoms with Crippen molar-refractivity contribution in [2.45, 2.75) is 121 Å². The summed E-state index contributed by atoms with van der Waals surface area (Å²) in [4.78, 5) is 71.7. The van der Waals surface area contributed by atoms with E-state index in [0.717, 1.165) is 54.4 Å². The molecule has 4 amide bonds. The van der Waals surface area contributed by atoms with Crippen LogP contribution in [0.25, 0.3) is 0 Å². The third-order valence-electron chi connectivity index (χ3n) is 11.5. The molecule has 350 valence electrons. The lowest BCUT2D eigenvalue weighted by atomic mass is 9.98. The number of imidazole rings is 1. The fraction of sp³-hybridized carbons (Fsp3) is 0.385. The highest BCUT2D eigenvalue weighted by Crippen LogP contribution is 2.27. The van der Waals surface area contributed by atoms with Crippen LogP contribution in [-0.4, -0.2) is 80.1 Å². The standard InChI is InChI=1S/C52H65N7O7/c1-3-4-5-6-13-21-47(61)54-30-15-14-20-44(56-49(62)43(53)33-41-34-59(35-55-41)48(39-16-9-7-10-17-39)40-18-11-8-12-19-40)50(63)57-45(31-37-24-22-36(2)23-25-37)51(64)58-46(52(65)66)32-38-26-28-42(60)29-27-38/h7-12,16-19,22-29,34-35,43-46,48,60H,3-6,13-15,20-21,30-33,53H2,1-2H3,(H,54,61)(H,56,62)(H,57,63)(H,58,64)(H,65,66)/t43-,44-,45?,46+/m0/s1. The smallest absolute Gasteiger partial charge is 0.326 e. The van der Waals surface area contributed by atoms with Gasteiger partial charge in [-0.05, 0) is 67.0 Å². The highest BCUT2D eigenvalue weighted by atomic mass is 16.4. The number of hydrogen-bond donors (Lipinski definition) is 7. The second-order valence-corrected chi connectivity index (χ2v) is 16.9. The summed E-state index contributed by atoms with van der Waals surface area (Å²) >= 11 is 0. The molecular formula is C52H65N7O7. The number of benzene rings is 4. The summed E-state index contributed by atoms with van der Waals surface area (Å²) in [7, 11) is 0. The molecule has 1 aromatic heterocycles. The van der Waals surface area contributed by atoms with Crippen molar-refractivity contribution in [2.24, 2.45) is 5.73 Å². The van der Waals surface area contributed by atoms with Gasteiger partial charge >= 0.3 is 5.97 Å². The number of aromatic nitrogens is 2. The Morgan fingerprint density at radius 2 is 1.21 bits per heavy atom. The van der Waals surface area contributed by atoms with E-state index in [-0.39, 0.29) is 43.4 Å². The van der Waals surface area contributed by atoms with Crippen LogP contribution in [0.3, 0.4) is 0 Å². The Bertz CT molecular complexity index is 2250. The van der Waals surface area contributed by atoms with Crippen LogP contribution in [0, 0.1) is 6.92 Å². The van der Waals surface area contributed by atoms with E-state index in [4.69, 9.17) is 5.73 Å².